The van der Waals surface area contributed by atoms with E-state index in [0.29, 0.717) is 11.7 Å². The topological polar surface area (TPSA) is 25.1 Å². The predicted octanol–water partition coefficient (Wildman–Crippen LogP) is 2.82. The van der Waals surface area contributed by atoms with Gasteiger partial charge in [-0.1, -0.05) is 33.8 Å². The van der Waals surface area contributed by atoms with E-state index in [0.717, 1.165) is 18.4 Å². The van der Waals surface area contributed by atoms with Gasteiger partial charge in [-0.2, -0.15) is 9.78 Å². The van der Waals surface area contributed by atoms with Crippen molar-refractivity contribution >= 4 is 0 Å². The average Bonchev–Trinajstić information content (AvgIpc) is 2.67. The highest BCUT2D eigenvalue weighted by Crippen LogP contribution is 2.38. The van der Waals surface area contributed by atoms with Crippen molar-refractivity contribution in [1.29, 1.82) is 0 Å². The number of hydrogen-bond donors (Lipinski definition) is 0. The highest BCUT2D eigenvalue weighted by atomic mass is 17.4. The molecule has 0 saturated carbocycles. The molecule has 0 aromatic rings. The standard InChI is InChI=1S/C9H15O2/c1-5-9(3,4)6-7(2)8-10-11-8/h2,5-6H2,1,3-4H3. The van der Waals surface area contributed by atoms with E-state index in [1.807, 2.05) is 0 Å². The summed E-state index contributed by atoms with van der Waals surface area (Å²) in [6, 6.07) is 0. The molecule has 0 atom stereocenters. The maximum absolute atomic E-state index is 4.58. The van der Waals surface area contributed by atoms with Crippen molar-refractivity contribution < 1.29 is 9.78 Å². The lowest BCUT2D eigenvalue weighted by Gasteiger charge is -2.21. The van der Waals surface area contributed by atoms with Crippen LogP contribution in [0.1, 0.15) is 33.6 Å². The van der Waals surface area contributed by atoms with Crippen LogP contribution in [0.3, 0.4) is 0 Å². The first-order valence-electron chi connectivity index (χ1n) is 3.95. The Kier molecular flexibility index (Phi) is 2.35. The normalized spacial score (nSPS) is 18.5. The van der Waals surface area contributed by atoms with E-state index in [1.165, 1.54) is 0 Å². The van der Waals surface area contributed by atoms with E-state index >= 15 is 0 Å². The van der Waals surface area contributed by atoms with Crippen molar-refractivity contribution in [2.75, 3.05) is 0 Å². The zero-order valence-electron chi connectivity index (χ0n) is 7.44. The van der Waals surface area contributed by atoms with Crippen LogP contribution >= 0.6 is 0 Å². The van der Waals surface area contributed by atoms with Gasteiger partial charge in [0.05, 0.1) is 0 Å². The third-order valence-electron chi connectivity index (χ3n) is 2.10. The van der Waals surface area contributed by atoms with Crippen LogP contribution in [0.4, 0.5) is 0 Å². The largest absolute Gasteiger partial charge is 0.317 e. The summed E-state index contributed by atoms with van der Waals surface area (Å²) in [7, 11) is 0. The van der Waals surface area contributed by atoms with Gasteiger partial charge in [-0.25, -0.2) is 0 Å². The van der Waals surface area contributed by atoms with E-state index in [4.69, 9.17) is 0 Å². The van der Waals surface area contributed by atoms with Gasteiger partial charge in [0.1, 0.15) is 0 Å². The highest BCUT2D eigenvalue weighted by Gasteiger charge is 2.34. The van der Waals surface area contributed by atoms with Crippen LogP contribution in [0.5, 0.6) is 0 Å². The van der Waals surface area contributed by atoms with E-state index < -0.39 is 0 Å². The van der Waals surface area contributed by atoms with Crippen molar-refractivity contribution in [3.05, 3.63) is 18.4 Å². The lowest BCUT2D eigenvalue weighted by molar-refractivity contribution is 0.0850. The van der Waals surface area contributed by atoms with Gasteiger partial charge in [-0.3, -0.25) is 0 Å². The molecule has 1 fully saturated rings. The van der Waals surface area contributed by atoms with Crippen molar-refractivity contribution in [3.8, 4) is 0 Å². The third kappa shape index (κ3) is 2.64. The Labute approximate surface area is 68.1 Å². The molecule has 1 heterocycles. The van der Waals surface area contributed by atoms with Crippen LogP contribution in [0.15, 0.2) is 12.2 Å². The van der Waals surface area contributed by atoms with Crippen molar-refractivity contribution in [1.82, 2.24) is 0 Å². The molecule has 2 nitrogen and oxygen atoms in total. The Hall–Kier alpha value is -0.340. The van der Waals surface area contributed by atoms with E-state index in [-0.39, 0.29) is 0 Å². The second-order valence-electron chi connectivity index (χ2n) is 3.75. The van der Waals surface area contributed by atoms with Crippen LogP contribution in [0.2, 0.25) is 0 Å². The molecular weight excluding hydrogens is 140 g/mol. The highest BCUT2D eigenvalue weighted by molar-refractivity contribution is 5.14. The summed E-state index contributed by atoms with van der Waals surface area (Å²) in [5.41, 5.74) is 1.27. The predicted molar refractivity (Wildman–Crippen MR) is 43.2 cm³/mol. The van der Waals surface area contributed by atoms with E-state index in [9.17, 15) is 0 Å². The second kappa shape index (κ2) is 2.95. The van der Waals surface area contributed by atoms with E-state index in [2.05, 4.69) is 37.1 Å². The smallest absolute Gasteiger partial charge is 0.183 e. The maximum Gasteiger partial charge on any atom is 0.317 e. The minimum absolute atomic E-state index is 0.305. The lowest BCUT2D eigenvalue weighted by atomic mass is 9.83. The van der Waals surface area contributed by atoms with Gasteiger partial charge in [-0.05, 0) is 17.4 Å². The molecule has 0 spiro atoms. The summed E-state index contributed by atoms with van der Waals surface area (Å²) in [5, 5.41) is 0. The maximum atomic E-state index is 4.58. The Morgan fingerprint density at radius 3 is 2.36 bits per heavy atom. The molecular formula is C9H15O2. The fraction of sp³-hybridized carbons (Fsp3) is 0.667. The first-order chi connectivity index (χ1) is 5.05. The molecule has 0 aliphatic carbocycles. The SMILES string of the molecule is C=C(CC(C)(C)CC)[C]1OO1. The van der Waals surface area contributed by atoms with Gasteiger partial charge < -0.3 is 0 Å². The fourth-order valence-corrected chi connectivity index (χ4v) is 0.914. The molecule has 2 heteroatoms. The Balaban J connectivity index is 2.33. The van der Waals surface area contributed by atoms with Crippen molar-refractivity contribution in [2.24, 2.45) is 5.41 Å². The number of rotatable bonds is 4. The molecule has 11 heavy (non-hydrogen) atoms. The zero-order valence-corrected chi connectivity index (χ0v) is 7.44. The summed E-state index contributed by atoms with van der Waals surface area (Å²) in [6.07, 6.45) is 2.70. The summed E-state index contributed by atoms with van der Waals surface area (Å²) in [5.74, 6) is 0. The van der Waals surface area contributed by atoms with Crippen molar-refractivity contribution in [2.45, 2.75) is 33.6 Å². The van der Waals surface area contributed by atoms with Gasteiger partial charge in [0.2, 0.25) is 0 Å². The zero-order chi connectivity index (χ0) is 8.48. The Bertz CT molecular complexity index is 157. The van der Waals surface area contributed by atoms with Gasteiger partial charge in [-0.15, -0.1) is 0 Å². The molecule has 0 amide bonds. The van der Waals surface area contributed by atoms with E-state index in [1.54, 1.807) is 0 Å². The number of hydrogen-bond acceptors (Lipinski definition) is 2. The molecule has 0 aromatic carbocycles. The molecule has 1 aliphatic heterocycles. The minimum atomic E-state index is 0.305. The third-order valence-corrected chi connectivity index (χ3v) is 2.10. The molecule has 1 saturated heterocycles. The monoisotopic (exact) mass is 155 g/mol. The summed E-state index contributed by atoms with van der Waals surface area (Å²) < 4.78 is 0. The molecule has 1 radical (unpaired) electrons. The van der Waals surface area contributed by atoms with Crippen LogP contribution in [-0.2, 0) is 9.78 Å². The quantitative estimate of drug-likeness (QED) is 0.460. The average molecular weight is 155 g/mol. The molecule has 0 N–H and O–H groups in total. The van der Waals surface area contributed by atoms with Crippen LogP contribution in [0, 0.1) is 11.7 Å². The molecule has 0 unspecified atom stereocenters. The second-order valence-corrected chi connectivity index (χ2v) is 3.75. The Morgan fingerprint density at radius 1 is 1.45 bits per heavy atom. The first-order valence-corrected chi connectivity index (χ1v) is 3.95. The minimum Gasteiger partial charge on any atom is -0.183 e. The lowest BCUT2D eigenvalue weighted by Crippen LogP contribution is -2.10. The molecule has 0 aromatic heterocycles. The van der Waals surface area contributed by atoms with Gasteiger partial charge >= 0.3 is 6.29 Å². The van der Waals surface area contributed by atoms with Crippen LogP contribution in [-0.4, -0.2) is 0 Å². The van der Waals surface area contributed by atoms with Gasteiger partial charge in [0, 0.05) is 0 Å². The summed E-state index contributed by atoms with van der Waals surface area (Å²) in [4.78, 5) is 9.16. The first kappa shape index (κ1) is 8.75. The summed E-state index contributed by atoms with van der Waals surface area (Å²) in [6.45, 7) is 10.5. The van der Waals surface area contributed by atoms with Crippen molar-refractivity contribution in [3.63, 3.8) is 0 Å². The fourth-order valence-electron chi connectivity index (χ4n) is 0.914. The Morgan fingerprint density at radius 2 is 2.00 bits per heavy atom. The molecule has 63 valence electrons. The molecule has 0 bridgehead atoms. The summed E-state index contributed by atoms with van der Waals surface area (Å²) >= 11 is 0. The van der Waals surface area contributed by atoms with Gasteiger partial charge in [0.25, 0.3) is 0 Å². The van der Waals surface area contributed by atoms with Crippen LogP contribution < -0.4 is 0 Å². The molecule has 1 rings (SSSR count). The van der Waals surface area contributed by atoms with Gasteiger partial charge in [0.15, 0.2) is 0 Å². The molecule has 1 aliphatic rings. The van der Waals surface area contributed by atoms with Crippen LogP contribution in [0.25, 0.3) is 0 Å².